The molecule has 1 saturated heterocycles. The summed E-state index contributed by atoms with van der Waals surface area (Å²) in [5.74, 6) is 0.139. The Morgan fingerprint density at radius 1 is 1.00 bits per heavy atom. The highest BCUT2D eigenvalue weighted by Gasteiger charge is 2.27. The van der Waals surface area contributed by atoms with Crippen LogP contribution >= 0.6 is 11.6 Å². The van der Waals surface area contributed by atoms with Crippen LogP contribution in [-0.4, -0.2) is 41.3 Å². The van der Waals surface area contributed by atoms with Crippen molar-refractivity contribution in [1.82, 2.24) is 0 Å². The fourth-order valence-electron chi connectivity index (χ4n) is 3.37. The summed E-state index contributed by atoms with van der Waals surface area (Å²) in [6.07, 6.45) is 2.69. The molecule has 1 fully saturated rings. The molecule has 6 nitrogen and oxygen atoms in total. The largest absolute Gasteiger partial charge is 0.495 e. The molecule has 1 aliphatic rings. The van der Waals surface area contributed by atoms with Crippen LogP contribution in [-0.2, 0) is 9.84 Å². The van der Waals surface area contributed by atoms with E-state index in [0.717, 1.165) is 25.3 Å². The fourth-order valence-corrected chi connectivity index (χ4v) is 5.02. The van der Waals surface area contributed by atoms with Crippen molar-refractivity contribution in [3.05, 3.63) is 36.4 Å². The number of hydrogen-bond acceptors (Lipinski definition) is 6. The molecule has 0 spiro atoms. The molecule has 3 rings (SSSR count). The van der Waals surface area contributed by atoms with Gasteiger partial charge >= 0.3 is 6.61 Å². The molecule has 0 amide bonds. The Hall–Kier alpha value is -2.26. The second-order valence-corrected chi connectivity index (χ2v) is 9.11. The monoisotopic (exact) mass is 461 g/mol. The van der Waals surface area contributed by atoms with Crippen LogP contribution in [0.15, 0.2) is 46.2 Å². The third-order valence-corrected chi connectivity index (χ3v) is 7.06. The highest BCUT2D eigenvalue weighted by molar-refractivity contribution is 7.91. The highest BCUT2D eigenvalue weighted by atomic mass is 35.5. The van der Waals surface area contributed by atoms with E-state index in [4.69, 9.17) is 21.1 Å². The molecule has 0 aromatic heterocycles. The lowest BCUT2D eigenvalue weighted by molar-refractivity contribution is -0.0513. The van der Waals surface area contributed by atoms with E-state index in [1.807, 2.05) is 4.90 Å². The van der Waals surface area contributed by atoms with Gasteiger partial charge in [0.2, 0.25) is 9.84 Å². The van der Waals surface area contributed by atoms with Gasteiger partial charge in [-0.05, 0) is 49.6 Å². The van der Waals surface area contributed by atoms with Gasteiger partial charge in [0.15, 0.2) is 11.5 Å². The molecule has 1 atom stereocenters. The highest BCUT2D eigenvalue weighted by Crippen LogP contribution is 2.38. The van der Waals surface area contributed by atoms with Crippen LogP contribution in [0.3, 0.4) is 0 Å². The molecular weight excluding hydrogens is 440 g/mol. The van der Waals surface area contributed by atoms with Gasteiger partial charge < -0.3 is 19.1 Å². The maximum Gasteiger partial charge on any atom is 0.387 e. The van der Waals surface area contributed by atoms with Crippen molar-refractivity contribution in [3.8, 4) is 17.2 Å². The van der Waals surface area contributed by atoms with Crippen LogP contribution in [0.2, 0.25) is 0 Å². The molecular formula is C20H22ClF2NO5S. The van der Waals surface area contributed by atoms with Crippen molar-refractivity contribution >= 4 is 27.1 Å². The minimum Gasteiger partial charge on any atom is -0.495 e. The molecule has 2 aromatic carbocycles. The number of piperidine rings is 1. The lowest BCUT2D eigenvalue weighted by Crippen LogP contribution is -2.36. The molecule has 164 valence electrons. The lowest BCUT2D eigenvalue weighted by atomic mass is 10.1. The van der Waals surface area contributed by atoms with Crippen LogP contribution in [0, 0.1) is 0 Å². The Labute approximate surface area is 179 Å². The van der Waals surface area contributed by atoms with E-state index in [-0.39, 0.29) is 26.8 Å². The molecule has 0 radical (unpaired) electrons. The summed E-state index contributed by atoms with van der Waals surface area (Å²) in [7, 11) is -1.26. The number of benzene rings is 2. The zero-order chi connectivity index (χ0) is 21.9. The lowest BCUT2D eigenvalue weighted by Gasteiger charge is -2.34. The number of halogens is 3. The minimum atomic E-state index is -4.03. The van der Waals surface area contributed by atoms with Gasteiger partial charge in [-0.1, -0.05) is 11.6 Å². The first kappa shape index (κ1) is 22.4. The molecule has 0 bridgehead atoms. The minimum absolute atomic E-state index is 0.00275. The van der Waals surface area contributed by atoms with Crippen LogP contribution in [0.5, 0.6) is 17.2 Å². The smallest absolute Gasteiger partial charge is 0.387 e. The second kappa shape index (κ2) is 9.26. The molecule has 0 aliphatic carbocycles. The van der Waals surface area contributed by atoms with Crippen molar-refractivity contribution in [2.45, 2.75) is 41.2 Å². The molecule has 0 saturated carbocycles. The summed E-state index contributed by atoms with van der Waals surface area (Å²) in [6, 6.07) is 8.03. The Bertz CT molecular complexity index is 1000. The number of sulfone groups is 1. The number of nitrogens with zero attached hydrogens (tertiary/aromatic N) is 1. The van der Waals surface area contributed by atoms with E-state index in [9.17, 15) is 17.2 Å². The van der Waals surface area contributed by atoms with E-state index in [0.29, 0.717) is 18.0 Å². The van der Waals surface area contributed by atoms with E-state index in [1.54, 1.807) is 6.07 Å². The number of anilines is 1. The molecule has 1 unspecified atom stereocenters. The average molecular weight is 462 g/mol. The molecule has 1 heterocycles. The van der Waals surface area contributed by atoms with E-state index in [1.165, 1.54) is 38.5 Å². The van der Waals surface area contributed by atoms with Gasteiger partial charge in [0.1, 0.15) is 11.3 Å². The van der Waals surface area contributed by atoms with Gasteiger partial charge in [0.25, 0.3) is 0 Å². The SMILES string of the molecule is COc1ccc(S(=O)(=O)c2ccc(OC)c(N3CCCCC3Cl)c2)cc1OC(F)F. The summed E-state index contributed by atoms with van der Waals surface area (Å²) in [6.45, 7) is -2.45. The Morgan fingerprint density at radius 3 is 2.23 bits per heavy atom. The van der Waals surface area contributed by atoms with Crippen molar-refractivity contribution in [3.63, 3.8) is 0 Å². The van der Waals surface area contributed by atoms with Gasteiger partial charge in [-0.25, -0.2) is 8.42 Å². The average Bonchev–Trinajstić information content (AvgIpc) is 2.73. The van der Waals surface area contributed by atoms with Crippen molar-refractivity contribution in [2.24, 2.45) is 0 Å². The van der Waals surface area contributed by atoms with E-state index in [2.05, 4.69) is 4.74 Å². The molecule has 2 aromatic rings. The van der Waals surface area contributed by atoms with Crippen molar-refractivity contribution < 1.29 is 31.4 Å². The maximum atomic E-state index is 13.2. The van der Waals surface area contributed by atoms with Gasteiger partial charge in [-0.3, -0.25) is 0 Å². The van der Waals surface area contributed by atoms with Crippen LogP contribution in [0.1, 0.15) is 19.3 Å². The first-order valence-electron chi connectivity index (χ1n) is 9.24. The number of ether oxygens (including phenoxy) is 3. The zero-order valence-corrected chi connectivity index (χ0v) is 18.1. The summed E-state index contributed by atoms with van der Waals surface area (Å²) in [4.78, 5) is 1.69. The molecule has 0 N–H and O–H groups in total. The van der Waals surface area contributed by atoms with Gasteiger partial charge in [0, 0.05) is 12.6 Å². The molecule has 30 heavy (non-hydrogen) atoms. The topological polar surface area (TPSA) is 65.1 Å². The predicted octanol–water partition coefficient (Wildman–Crippen LogP) is 4.69. The summed E-state index contributed by atoms with van der Waals surface area (Å²) >= 11 is 6.45. The Morgan fingerprint density at radius 2 is 1.63 bits per heavy atom. The summed E-state index contributed by atoms with van der Waals surface area (Å²) < 4.78 is 66.6. The van der Waals surface area contributed by atoms with Crippen molar-refractivity contribution in [2.75, 3.05) is 25.7 Å². The number of alkyl halides is 3. The first-order valence-corrected chi connectivity index (χ1v) is 11.2. The first-order chi connectivity index (χ1) is 14.3. The van der Waals surface area contributed by atoms with Crippen molar-refractivity contribution in [1.29, 1.82) is 0 Å². The third-order valence-electron chi connectivity index (χ3n) is 4.86. The van der Waals surface area contributed by atoms with Gasteiger partial charge in [-0.2, -0.15) is 8.78 Å². The zero-order valence-electron chi connectivity index (χ0n) is 16.5. The summed E-state index contributed by atoms with van der Waals surface area (Å²) in [5.41, 5.74) is 0.286. The molecule has 10 heteroatoms. The number of rotatable bonds is 7. The molecule has 1 aliphatic heterocycles. The quantitative estimate of drug-likeness (QED) is 0.440. The normalized spacial score (nSPS) is 17.1. The fraction of sp³-hybridized carbons (Fsp3) is 0.400. The third kappa shape index (κ3) is 4.57. The summed E-state index contributed by atoms with van der Waals surface area (Å²) in [5, 5.41) is 0. The number of methoxy groups -OCH3 is 2. The Kier molecular flexibility index (Phi) is 6.92. The van der Waals surface area contributed by atoms with E-state index >= 15 is 0 Å². The van der Waals surface area contributed by atoms with Gasteiger partial charge in [-0.15, -0.1) is 0 Å². The predicted molar refractivity (Wildman–Crippen MR) is 109 cm³/mol. The van der Waals surface area contributed by atoms with E-state index < -0.39 is 16.4 Å². The Balaban J connectivity index is 2.05. The number of hydrogen-bond donors (Lipinski definition) is 0. The van der Waals surface area contributed by atoms with Crippen LogP contribution < -0.4 is 19.1 Å². The second-order valence-electron chi connectivity index (χ2n) is 6.65. The maximum absolute atomic E-state index is 13.2. The van der Waals surface area contributed by atoms with Gasteiger partial charge in [0.05, 0.1) is 29.7 Å². The van der Waals surface area contributed by atoms with Crippen LogP contribution in [0.4, 0.5) is 14.5 Å². The van der Waals surface area contributed by atoms with Crippen LogP contribution in [0.25, 0.3) is 0 Å². The standard InChI is InChI=1S/C20H22ClF2NO5S/c1-27-16-8-6-13(11-15(16)24-10-4-3-5-19(24)21)30(25,26)14-7-9-17(28-2)18(12-14)29-20(22)23/h6-9,11-12,19-20H,3-5,10H2,1-2H3.